The Kier molecular flexibility index (Phi) is 26.1. The van der Waals surface area contributed by atoms with Crippen molar-refractivity contribution in [1.29, 1.82) is 0 Å². The van der Waals surface area contributed by atoms with Crippen LogP contribution in [0.5, 0.6) is 5.75 Å². The molecular weight excluding hydrogens is 1180 g/mol. The number of carboxylic acids is 3. The quantitative estimate of drug-likeness (QED) is 0.0140. The second kappa shape index (κ2) is 33.0. The zero-order valence-electron chi connectivity index (χ0n) is 47.7. The highest BCUT2D eigenvalue weighted by Gasteiger charge is 2.33. The number of β-amino-alcohol motifs (C(OH)–C–C–N with tert-alkyl or cyclic N) is 2. The van der Waals surface area contributed by atoms with Crippen molar-refractivity contribution in [1.82, 2.24) is 55.4 Å². The molecule has 478 valence electrons. The van der Waals surface area contributed by atoms with Gasteiger partial charge in [-0.3, -0.25) is 67.3 Å². The average molecular weight is 1260 g/mol. The highest BCUT2D eigenvalue weighted by molar-refractivity contribution is 7.86. The third kappa shape index (κ3) is 24.0. The van der Waals surface area contributed by atoms with Gasteiger partial charge in [-0.25, -0.2) is 4.98 Å². The first-order valence-corrected chi connectivity index (χ1v) is 31.3. The van der Waals surface area contributed by atoms with Crippen LogP contribution >= 0.6 is 0 Å². The smallest absolute Gasteiger partial charge is 0.317 e. The standard InChI is InChI=1S/C54H76N12O19S2/c67-46(7-3-25-85-40-26-38(28-55-29-40)45(27-48(69)70)66-16-12-41-36(4-1-6-44(41)66)8-10-39-11-9-37-5-2-13-57-52(37)59-39)56-14-15-58-53(77)42(34-86(79,80)81)61-54(78)43(35-87(82,83)84)60-47(68)30-62-17-19-63(31-49(71)72)21-23-65(33-51(75)76)24-22-64(20-18-62)32-50(73)74/h1,4,6,9,11-12,16,26,28-29,42-43,45,51,75-76H,2-3,5,7-8,10,13-15,17-25,27,30-35H2,(H,56,67)(H,57,59)(H,58,77)(H,60,68)(H,61,78)(H,69,70)(H,71,72)(H,73,74)(H,79,80,81)(H,82,83,84)/t42-,43?,45?/m0/s1. The van der Waals surface area contributed by atoms with Gasteiger partial charge in [-0.1, -0.05) is 18.2 Å². The van der Waals surface area contributed by atoms with Gasteiger partial charge < -0.3 is 61.4 Å². The van der Waals surface area contributed by atoms with Gasteiger partial charge in [0.15, 0.2) is 6.29 Å². The maximum atomic E-state index is 13.6. The number of anilines is 1. The highest BCUT2D eigenvalue weighted by atomic mass is 32.2. The van der Waals surface area contributed by atoms with E-state index in [9.17, 15) is 85.0 Å². The third-order valence-corrected chi connectivity index (χ3v) is 15.8. The number of carbonyl (C=O) groups excluding carboxylic acids is 4. The van der Waals surface area contributed by atoms with Crippen LogP contribution in [0.4, 0.5) is 5.82 Å². The molecule has 3 aromatic heterocycles. The SMILES string of the molecule is O=C(O)CC(c1cncc(OCCCC(=O)NCCNC(=O)[C@H](CS(=O)(=O)O)NC(=O)C(CS(=O)(=O)O)NC(=O)CN2CCN(CC(=O)O)CCN(CC(O)O)CCN(CC(=O)O)CC2)c1)n1ccc2c(CCc3ccc4c(n3)NCCC4)cccc21. The van der Waals surface area contributed by atoms with Crippen LogP contribution in [0.3, 0.4) is 0 Å². The molecule has 3 atom stereocenters. The van der Waals surface area contributed by atoms with Gasteiger partial charge in [0, 0.05) is 114 Å². The first-order valence-electron chi connectivity index (χ1n) is 28.1. The fraction of sp³-hybridized carbons (Fsp3) is 0.537. The number of ether oxygens (including phenoxy) is 1. The van der Waals surface area contributed by atoms with Gasteiger partial charge in [0.2, 0.25) is 23.6 Å². The number of aryl methyl sites for hydroxylation is 3. The van der Waals surface area contributed by atoms with Crippen LogP contribution in [0, 0.1) is 0 Å². The summed E-state index contributed by atoms with van der Waals surface area (Å²) in [6.45, 7) is -0.953. The van der Waals surface area contributed by atoms with Gasteiger partial charge in [0.1, 0.15) is 35.2 Å². The van der Waals surface area contributed by atoms with Gasteiger partial charge in [-0.05, 0) is 73.1 Å². The molecule has 4 aromatic rings. The number of carbonyl (C=O) groups is 7. The summed E-state index contributed by atoms with van der Waals surface area (Å²) in [4.78, 5) is 104. The molecule has 4 amide bonds. The number of aliphatic carboxylic acids is 3. The molecule has 1 saturated heterocycles. The van der Waals surface area contributed by atoms with Gasteiger partial charge in [-0.2, -0.15) is 16.8 Å². The molecule has 2 unspecified atom stereocenters. The van der Waals surface area contributed by atoms with E-state index in [0.717, 1.165) is 47.4 Å². The van der Waals surface area contributed by atoms with Gasteiger partial charge >= 0.3 is 17.9 Å². The third-order valence-electron chi connectivity index (χ3n) is 14.3. The summed E-state index contributed by atoms with van der Waals surface area (Å²) in [5.74, 6) is -9.32. The molecule has 1 aromatic carbocycles. The molecule has 1 fully saturated rings. The number of amides is 4. The molecule has 31 nitrogen and oxygen atoms in total. The van der Waals surface area contributed by atoms with Crippen molar-refractivity contribution in [3.8, 4) is 5.75 Å². The summed E-state index contributed by atoms with van der Waals surface area (Å²) in [5, 5.41) is 61.6. The number of hydrogen-bond acceptors (Lipinski definition) is 21. The number of nitrogens with zero attached hydrogens (tertiary/aromatic N) is 7. The number of fused-ring (bicyclic) bond motifs is 2. The van der Waals surface area contributed by atoms with E-state index < -0.39 is 117 Å². The molecule has 6 rings (SSSR count). The molecule has 0 radical (unpaired) electrons. The number of aliphatic hydroxyl groups excluding tert-OH is 1. The number of benzene rings is 1. The minimum absolute atomic E-state index is 0.00703. The van der Waals surface area contributed by atoms with Crippen LogP contribution in [-0.4, -0.2) is 262 Å². The normalized spacial score (nSPS) is 16.2. The Bertz CT molecular complexity index is 3230. The van der Waals surface area contributed by atoms with Crippen molar-refractivity contribution < 1.29 is 89.8 Å². The monoisotopic (exact) mass is 1260 g/mol. The van der Waals surface area contributed by atoms with Crippen LogP contribution in [-0.2, 0) is 73.1 Å². The van der Waals surface area contributed by atoms with Crippen molar-refractivity contribution in [2.75, 3.05) is 122 Å². The molecule has 0 saturated carbocycles. The van der Waals surface area contributed by atoms with Gasteiger partial charge in [-0.15, -0.1) is 0 Å². The minimum atomic E-state index is -5.09. The largest absolute Gasteiger partial charge is 0.492 e. The van der Waals surface area contributed by atoms with E-state index in [1.807, 2.05) is 40.3 Å². The molecule has 12 N–H and O–H groups in total. The van der Waals surface area contributed by atoms with E-state index in [2.05, 4.69) is 38.4 Å². The van der Waals surface area contributed by atoms with Crippen molar-refractivity contribution in [3.05, 3.63) is 83.4 Å². The Morgan fingerprint density at radius 1 is 0.690 bits per heavy atom. The fourth-order valence-corrected chi connectivity index (χ4v) is 11.4. The second-order valence-corrected chi connectivity index (χ2v) is 24.1. The Morgan fingerprint density at radius 3 is 1.93 bits per heavy atom. The topological polar surface area (TPSA) is 442 Å². The Morgan fingerprint density at radius 2 is 1.31 bits per heavy atom. The summed E-state index contributed by atoms with van der Waals surface area (Å²) in [6.07, 6.45) is 6.51. The van der Waals surface area contributed by atoms with Crippen LogP contribution in [0.15, 0.2) is 61.1 Å². The van der Waals surface area contributed by atoms with E-state index in [0.29, 0.717) is 24.2 Å². The number of rotatable bonds is 31. The summed E-state index contributed by atoms with van der Waals surface area (Å²) < 4.78 is 75.4. The summed E-state index contributed by atoms with van der Waals surface area (Å²) in [7, 11) is -10.1. The lowest BCUT2D eigenvalue weighted by Gasteiger charge is -2.33. The summed E-state index contributed by atoms with van der Waals surface area (Å²) in [5.41, 5.74) is 4.68. The molecular formula is C54H76N12O19S2. The molecule has 0 bridgehead atoms. The molecule has 0 spiro atoms. The minimum Gasteiger partial charge on any atom is -0.492 e. The maximum Gasteiger partial charge on any atom is 0.317 e. The number of nitrogens with one attached hydrogen (secondary N) is 5. The predicted octanol–water partition coefficient (Wildman–Crippen LogP) is -2.52. The van der Waals surface area contributed by atoms with Crippen LogP contribution in [0.2, 0.25) is 0 Å². The second-order valence-electron chi connectivity index (χ2n) is 21.1. The molecule has 87 heavy (non-hydrogen) atoms. The van der Waals surface area contributed by atoms with Gasteiger partial charge in [0.05, 0.1) is 44.9 Å². The number of aliphatic hydroxyl groups is 2. The maximum absolute atomic E-state index is 13.6. The zero-order chi connectivity index (χ0) is 63.3. The van der Waals surface area contributed by atoms with Crippen LogP contribution in [0.1, 0.15) is 54.1 Å². The van der Waals surface area contributed by atoms with Crippen molar-refractivity contribution in [2.24, 2.45) is 0 Å². The fourth-order valence-electron chi connectivity index (χ4n) is 10.1. The van der Waals surface area contributed by atoms with Gasteiger partial charge in [0.25, 0.3) is 20.2 Å². The van der Waals surface area contributed by atoms with E-state index in [1.54, 1.807) is 17.2 Å². The number of aromatic nitrogens is 3. The van der Waals surface area contributed by atoms with Crippen molar-refractivity contribution >= 4 is 78.5 Å². The first-order chi connectivity index (χ1) is 41.3. The molecule has 5 heterocycles. The van der Waals surface area contributed by atoms with Crippen LogP contribution < -0.4 is 31.3 Å². The zero-order valence-corrected chi connectivity index (χ0v) is 49.4. The Labute approximate surface area is 501 Å². The van der Waals surface area contributed by atoms with E-state index in [-0.39, 0.29) is 97.9 Å². The number of hydrogen-bond donors (Lipinski definition) is 12. The molecule has 2 aliphatic rings. The van der Waals surface area contributed by atoms with E-state index in [4.69, 9.17) is 9.72 Å². The predicted molar refractivity (Wildman–Crippen MR) is 312 cm³/mol. The summed E-state index contributed by atoms with van der Waals surface area (Å²) >= 11 is 0. The highest BCUT2D eigenvalue weighted by Crippen LogP contribution is 2.31. The lowest BCUT2D eigenvalue weighted by molar-refractivity contribution is -0.139. The lowest BCUT2D eigenvalue weighted by atomic mass is 10.0. The molecule has 33 heteroatoms. The first kappa shape index (κ1) is 68.6. The number of carboxylic acid groups (broad SMARTS) is 3. The average Bonchev–Trinajstić information content (AvgIpc) is 1.78. The Balaban J connectivity index is 0.992. The lowest BCUT2D eigenvalue weighted by Crippen LogP contribution is -2.58. The Hall–Kier alpha value is -7.47. The summed E-state index contributed by atoms with van der Waals surface area (Å²) in [6, 6.07) is 8.82. The van der Waals surface area contributed by atoms with E-state index in [1.165, 1.54) is 26.5 Å². The van der Waals surface area contributed by atoms with Crippen molar-refractivity contribution in [2.45, 2.75) is 69.4 Å². The van der Waals surface area contributed by atoms with Crippen molar-refractivity contribution in [3.63, 3.8) is 0 Å². The van der Waals surface area contributed by atoms with E-state index >= 15 is 0 Å². The van der Waals surface area contributed by atoms with Crippen LogP contribution in [0.25, 0.3) is 10.9 Å². The molecule has 2 aliphatic heterocycles. The number of pyridine rings is 2. The molecule has 0 aliphatic carbocycles.